The molecule has 0 saturated heterocycles. The van der Waals surface area contributed by atoms with E-state index in [1.165, 1.54) is 7.11 Å². The first kappa shape index (κ1) is 21.2. The smallest absolute Gasteiger partial charge is 0.389 e. The van der Waals surface area contributed by atoms with Crippen molar-refractivity contribution >= 4 is 0 Å². The summed E-state index contributed by atoms with van der Waals surface area (Å²) in [5, 5.41) is 20.4. The van der Waals surface area contributed by atoms with Crippen LogP contribution >= 0.6 is 0 Å². The molecule has 0 amide bonds. The van der Waals surface area contributed by atoms with Gasteiger partial charge in [-0.1, -0.05) is 30.7 Å². The van der Waals surface area contributed by atoms with Crippen molar-refractivity contribution in [3.8, 4) is 0 Å². The van der Waals surface area contributed by atoms with Gasteiger partial charge >= 0.3 is 6.18 Å². The predicted octanol–water partition coefficient (Wildman–Crippen LogP) is 4.15. The molecule has 24 heavy (non-hydrogen) atoms. The van der Waals surface area contributed by atoms with Crippen molar-refractivity contribution in [2.45, 2.75) is 76.4 Å². The van der Waals surface area contributed by atoms with Crippen molar-refractivity contribution in [1.29, 1.82) is 0 Å². The van der Waals surface area contributed by atoms with Crippen LogP contribution in [0.2, 0.25) is 0 Å². The molecule has 1 aliphatic rings. The molecule has 2 N–H and O–H groups in total. The summed E-state index contributed by atoms with van der Waals surface area (Å²) in [7, 11) is 1.52. The van der Waals surface area contributed by atoms with Gasteiger partial charge in [0.1, 0.15) is 6.10 Å². The van der Waals surface area contributed by atoms with E-state index in [2.05, 4.69) is 0 Å². The van der Waals surface area contributed by atoms with Crippen LogP contribution in [0, 0.1) is 5.92 Å². The van der Waals surface area contributed by atoms with Crippen LogP contribution in [0.5, 0.6) is 0 Å². The van der Waals surface area contributed by atoms with Gasteiger partial charge < -0.3 is 14.9 Å². The molecule has 1 rings (SSSR count). The molecule has 6 heteroatoms. The Kier molecular flexibility index (Phi) is 7.96. The highest BCUT2D eigenvalue weighted by atomic mass is 19.4. The molecule has 0 fully saturated rings. The summed E-state index contributed by atoms with van der Waals surface area (Å²) in [4.78, 5) is 0. The number of ether oxygens (including phenoxy) is 1. The number of hydrogen-bond donors (Lipinski definition) is 2. The number of aliphatic hydroxyl groups excluding tert-OH is 1. The predicted molar refractivity (Wildman–Crippen MR) is 87.6 cm³/mol. The number of halogens is 3. The molecule has 0 saturated carbocycles. The monoisotopic (exact) mass is 350 g/mol. The molecular weight excluding hydrogens is 321 g/mol. The van der Waals surface area contributed by atoms with Gasteiger partial charge in [0.15, 0.2) is 5.60 Å². The molecule has 4 atom stereocenters. The van der Waals surface area contributed by atoms with E-state index in [0.717, 1.165) is 5.57 Å². The van der Waals surface area contributed by atoms with E-state index in [0.29, 0.717) is 19.3 Å². The molecule has 0 heterocycles. The van der Waals surface area contributed by atoms with Crippen LogP contribution in [-0.2, 0) is 4.74 Å². The second kappa shape index (κ2) is 9.02. The molecule has 0 aliphatic heterocycles. The number of methoxy groups -OCH3 is 1. The molecule has 140 valence electrons. The Bertz CT molecular complexity index is 445. The second-order valence-electron chi connectivity index (χ2n) is 6.77. The van der Waals surface area contributed by atoms with Gasteiger partial charge in [0.05, 0.1) is 6.10 Å². The Morgan fingerprint density at radius 3 is 2.50 bits per heavy atom. The lowest BCUT2D eigenvalue weighted by molar-refractivity contribution is -0.265. The van der Waals surface area contributed by atoms with E-state index in [-0.39, 0.29) is 25.2 Å². The summed E-state index contributed by atoms with van der Waals surface area (Å²) in [5.74, 6) is -0.262. The Morgan fingerprint density at radius 1 is 1.25 bits per heavy atom. The molecule has 0 bridgehead atoms. The first-order valence-corrected chi connectivity index (χ1v) is 8.44. The van der Waals surface area contributed by atoms with Gasteiger partial charge in [-0.3, -0.25) is 0 Å². The Morgan fingerprint density at radius 2 is 1.92 bits per heavy atom. The van der Waals surface area contributed by atoms with E-state index in [9.17, 15) is 23.4 Å². The molecule has 0 spiro atoms. The maximum atomic E-state index is 13.2. The van der Waals surface area contributed by atoms with Gasteiger partial charge in [0.25, 0.3) is 0 Å². The van der Waals surface area contributed by atoms with E-state index in [4.69, 9.17) is 4.74 Å². The molecule has 3 nitrogen and oxygen atoms in total. The lowest BCUT2D eigenvalue weighted by Gasteiger charge is -2.31. The van der Waals surface area contributed by atoms with Gasteiger partial charge in [0.2, 0.25) is 0 Å². The van der Waals surface area contributed by atoms with Crippen LogP contribution < -0.4 is 0 Å². The van der Waals surface area contributed by atoms with Gasteiger partial charge in [-0.2, -0.15) is 13.2 Å². The van der Waals surface area contributed by atoms with E-state index < -0.39 is 24.0 Å². The van der Waals surface area contributed by atoms with Crippen molar-refractivity contribution in [3.63, 3.8) is 0 Å². The van der Waals surface area contributed by atoms with Crippen LogP contribution in [-0.4, -0.2) is 41.3 Å². The van der Waals surface area contributed by atoms with E-state index >= 15 is 0 Å². The van der Waals surface area contributed by atoms with Crippen molar-refractivity contribution in [2.75, 3.05) is 7.11 Å². The molecule has 0 radical (unpaired) electrons. The average molecular weight is 350 g/mol. The van der Waals surface area contributed by atoms with Gasteiger partial charge in [-0.25, -0.2) is 0 Å². The first-order valence-electron chi connectivity index (χ1n) is 8.44. The van der Waals surface area contributed by atoms with Crippen LogP contribution in [0.4, 0.5) is 13.2 Å². The summed E-state index contributed by atoms with van der Waals surface area (Å²) in [6.07, 6.45) is 0.402. The highest BCUT2D eigenvalue weighted by Gasteiger charge is 2.52. The number of rotatable bonds is 1. The number of alkyl halides is 3. The molecule has 0 aromatic heterocycles. The van der Waals surface area contributed by atoms with Crippen LogP contribution in [0.3, 0.4) is 0 Å². The molecule has 0 aromatic rings. The topological polar surface area (TPSA) is 49.7 Å². The SMILES string of the molecule is CO[C@H]1/C=C/CCCCC(O)(C(F)(F)F)CC/C(C)=C\[C@@H](C)[C@@H]1O. The maximum absolute atomic E-state index is 13.2. The third-order valence-corrected chi connectivity index (χ3v) is 4.69. The fraction of sp³-hybridized carbons (Fsp3) is 0.778. The summed E-state index contributed by atoms with van der Waals surface area (Å²) in [5.41, 5.74) is -1.92. The second-order valence-corrected chi connectivity index (χ2v) is 6.77. The zero-order valence-corrected chi connectivity index (χ0v) is 14.6. The Balaban J connectivity index is 2.98. The standard InChI is InChI=1S/C18H29F3O3/c1-13-9-11-17(23,18(19,20)21)10-7-5-4-6-8-15(24-3)16(22)14(2)12-13/h6,8,12,14-16,22-23H,4-5,7,9-11H2,1-3H3/b8-6+,13-12-/t14-,15+,16+,17?/m1/s1. The minimum atomic E-state index is -4.63. The maximum Gasteiger partial charge on any atom is 0.417 e. The Labute approximate surface area is 142 Å². The van der Waals surface area contributed by atoms with Gasteiger partial charge in [-0.05, 0) is 45.4 Å². The zero-order chi connectivity index (χ0) is 18.4. The highest BCUT2D eigenvalue weighted by Crippen LogP contribution is 2.39. The number of hydrogen-bond acceptors (Lipinski definition) is 3. The Hall–Kier alpha value is -0.850. The minimum absolute atomic E-state index is 0.139. The highest BCUT2D eigenvalue weighted by molar-refractivity contribution is 5.07. The average Bonchev–Trinajstić information content (AvgIpc) is 2.49. The molecule has 1 unspecified atom stereocenters. The number of allylic oxidation sites excluding steroid dienone is 2. The van der Waals surface area contributed by atoms with Crippen molar-refractivity contribution in [2.24, 2.45) is 5.92 Å². The van der Waals surface area contributed by atoms with Gasteiger partial charge in [0, 0.05) is 13.0 Å². The lowest BCUT2D eigenvalue weighted by atomic mass is 9.87. The largest absolute Gasteiger partial charge is 0.417 e. The van der Waals surface area contributed by atoms with Crippen LogP contribution in [0.15, 0.2) is 23.8 Å². The zero-order valence-electron chi connectivity index (χ0n) is 14.6. The van der Waals surface area contributed by atoms with E-state index in [1.54, 1.807) is 26.0 Å². The lowest BCUT2D eigenvalue weighted by Crippen LogP contribution is -2.45. The van der Waals surface area contributed by atoms with Crippen molar-refractivity contribution in [1.82, 2.24) is 0 Å². The third kappa shape index (κ3) is 5.90. The summed E-state index contributed by atoms with van der Waals surface area (Å²) < 4.78 is 45.0. The molecular formula is C18H29F3O3. The number of aliphatic hydroxyl groups is 2. The first-order chi connectivity index (χ1) is 11.1. The minimum Gasteiger partial charge on any atom is -0.389 e. The quantitative estimate of drug-likeness (QED) is 0.699. The molecule has 0 aromatic carbocycles. The summed E-state index contributed by atoms with van der Waals surface area (Å²) in [6, 6.07) is 0. The van der Waals surface area contributed by atoms with Crippen molar-refractivity contribution < 1.29 is 28.1 Å². The summed E-state index contributed by atoms with van der Waals surface area (Å²) >= 11 is 0. The summed E-state index contributed by atoms with van der Waals surface area (Å²) in [6.45, 7) is 3.53. The van der Waals surface area contributed by atoms with Crippen molar-refractivity contribution in [3.05, 3.63) is 23.8 Å². The van der Waals surface area contributed by atoms with Crippen LogP contribution in [0.25, 0.3) is 0 Å². The van der Waals surface area contributed by atoms with E-state index in [1.807, 2.05) is 6.08 Å². The third-order valence-electron chi connectivity index (χ3n) is 4.69. The normalized spacial score (nSPS) is 38.0. The fourth-order valence-corrected chi connectivity index (χ4v) is 2.98. The van der Waals surface area contributed by atoms with Crippen LogP contribution in [0.1, 0.15) is 52.4 Å². The fourth-order valence-electron chi connectivity index (χ4n) is 2.98. The molecule has 1 aliphatic carbocycles. The van der Waals surface area contributed by atoms with Gasteiger partial charge in [-0.15, -0.1) is 0 Å².